The van der Waals surface area contributed by atoms with E-state index in [-0.39, 0.29) is 5.92 Å². The lowest BCUT2D eigenvalue weighted by Gasteiger charge is -2.15. The van der Waals surface area contributed by atoms with Crippen LogP contribution in [0.5, 0.6) is 0 Å². The van der Waals surface area contributed by atoms with Crippen LogP contribution in [0.2, 0.25) is 0 Å². The first kappa shape index (κ1) is 16.0. The molecule has 2 unspecified atom stereocenters. The molecule has 2 nitrogen and oxygen atoms in total. The molecular formula is C20H21NOS. The summed E-state index contributed by atoms with van der Waals surface area (Å²) in [6.07, 6.45) is 11.1. The molecule has 0 aliphatic carbocycles. The number of pyridine rings is 1. The van der Waals surface area contributed by atoms with Crippen molar-refractivity contribution in [2.75, 3.05) is 5.75 Å². The number of hydrogen-bond acceptors (Lipinski definition) is 3. The van der Waals surface area contributed by atoms with Gasteiger partial charge in [-0.15, -0.1) is 0 Å². The summed E-state index contributed by atoms with van der Waals surface area (Å²) in [5, 5.41) is 0.380. The van der Waals surface area contributed by atoms with Crippen molar-refractivity contribution in [3.63, 3.8) is 0 Å². The Morgan fingerprint density at radius 2 is 1.96 bits per heavy atom. The van der Waals surface area contributed by atoms with Gasteiger partial charge in [-0.3, -0.25) is 9.78 Å². The van der Waals surface area contributed by atoms with Crippen molar-refractivity contribution in [3.8, 4) is 0 Å². The lowest BCUT2D eigenvalue weighted by Crippen LogP contribution is -2.07. The van der Waals surface area contributed by atoms with Crippen LogP contribution in [0.1, 0.15) is 36.3 Å². The van der Waals surface area contributed by atoms with Crippen LogP contribution in [-0.4, -0.2) is 15.9 Å². The number of nitrogens with zero attached hydrogens (tertiary/aromatic N) is 1. The van der Waals surface area contributed by atoms with Gasteiger partial charge in [0.15, 0.2) is 5.12 Å². The summed E-state index contributed by atoms with van der Waals surface area (Å²) in [5.74, 6) is 1.56. The zero-order chi connectivity index (χ0) is 15.9. The molecule has 1 aromatic heterocycles. The highest BCUT2D eigenvalue weighted by Crippen LogP contribution is 2.33. The van der Waals surface area contributed by atoms with E-state index in [2.05, 4.69) is 53.5 Å². The average Bonchev–Trinajstić information content (AvgIpc) is 3.02. The van der Waals surface area contributed by atoms with Crippen molar-refractivity contribution < 1.29 is 4.79 Å². The zero-order valence-corrected chi connectivity index (χ0v) is 13.9. The lowest BCUT2D eigenvalue weighted by molar-refractivity contribution is -0.114. The maximum Gasteiger partial charge on any atom is 0.192 e. The topological polar surface area (TPSA) is 30.0 Å². The third-order valence-electron chi connectivity index (χ3n) is 4.32. The molecule has 0 spiro atoms. The molecule has 0 N–H and O–H groups in total. The quantitative estimate of drug-likeness (QED) is 0.754. The van der Waals surface area contributed by atoms with E-state index in [1.165, 1.54) is 22.9 Å². The van der Waals surface area contributed by atoms with Gasteiger partial charge in [0.1, 0.15) is 0 Å². The van der Waals surface area contributed by atoms with Crippen LogP contribution < -0.4 is 0 Å². The van der Waals surface area contributed by atoms with E-state index in [0.717, 1.165) is 25.0 Å². The van der Waals surface area contributed by atoms with Crippen LogP contribution in [0.3, 0.4) is 0 Å². The number of carbonyl (C=O) groups excluding carboxylic acids is 1. The number of hydrogen-bond donors (Lipinski definition) is 0. The Morgan fingerprint density at radius 3 is 2.65 bits per heavy atom. The third kappa shape index (κ3) is 4.55. The van der Waals surface area contributed by atoms with Gasteiger partial charge in [0, 0.05) is 30.0 Å². The first-order chi connectivity index (χ1) is 11.3. The van der Waals surface area contributed by atoms with E-state index in [1.807, 2.05) is 18.5 Å². The standard InChI is InChI=1S/C20H21NOS/c22-20-19(12-15-23-20)9-8-17(18-10-13-21-14-11-18)7-6-16-4-2-1-3-5-16/h1-7,10-11,13-14,17,19H,8-9,12,15H2. The van der Waals surface area contributed by atoms with Crippen molar-refractivity contribution in [1.29, 1.82) is 0 Å². The van der Waals surface area contributed by atoms with E-state index < -0.39 is 0 Å². The summed E-state index contributed by atoms with van der Waals surface area (Å²) >= 11 is 1.50. The van der Waals surface area contributed by atoms with Gasteiger partial charge in [0.2, 0.25) is 0 Å². The molecule has 2 aromatic rings. The minimum absolute atomic E-state index is 0.245. The van der Waals surface area contributed by atoms with Crippen LogP contribution in [0.4, 0.5) is 0 Å². The number of carbonyl (C=O) groups is 1. The molecular weight excluding hydrogens is 302 g/mol. The Hall–Kier alpha value is -1.87. The maximum atomic E-state index is 11.8. The molecule has 1 aliphatic heterocycles. The SMILES string of the molecule is O=C1SCCC1CCC(C=Cc1ccccc1)c1ccncc1. The highest BCUT2D eigenvalue weighted by atomic mass is 32.2. The molecule has 3 heteroatoms. The van der Waals surface area contributed by atoms with Gasteiger partial charge in [-0.2, -0.15) is 0 Å². The second-order valence-corrected chi connectivity index (χ2v) is 6.99. The fourth-order valence-corrected chi connectivity index (χ4v) is 4.03. The van der Waals surface area contributed by atoms with Gasteiger partial charge in [0.25, 0.3) is 0 Å². The van der Waals surface area contributed by atoms with Crippen molar-refractivity contribution in [3.05, 3.63) is 72.1 Å². The van der Waals surface area contributed by atoms with Gasteiger partial charge in [-0.1, -0.05) is 54.2 Å². The summed E-state index contributed by atoms with van der Waals surface area (Å²) in [5.41, 5.74) is 2.48. The molecule has 0 amide bonds. The van der Waals surface area contributed by atoms with E-state index in [9.17, 15) is 4.79 Å². The van der Waals surface area contributed by atoms with Crippen LogP contribution in [-0.2, 0) is 4.79 Å². The lowest BCUT2D eigenvalue weighted by atomic mass is 9.89. The highest BCUT2D eigenvalue weighted by molar-refractivity contribution is 8.14. The molecule has 0 bridgehead atoms. The van der Waals surface area contributed by atoms with Gasteiger partial charge in [-0.05, 0) is 42.5 Å². The molecule has 2 heterocycles. The Morgan fingerprint density at radius 1 is 1.17 bits per heavy atom. The van der Waals surface area contributed by atoms with E-state index in [0.29, 0.717) is 11.0 Å². The van der Waals surface area contributed by atoms with Gasteiger partial charge >= 0.3 is 0 Å². The number of thioether (sulfide) groups is 1. The summed E-state index contributed by atoms with van der Waals surface area (Å²) in [6.45, 7) is 0. The molecule has 23 heavy (non-hydrogen) atoms. The Bertz CT molecular complexity index is 654. The first-order valence-electron chi connectivity index (χ1n) is 8.13. The predicted molar refractivity (Wildman–Crippen MR) is 97.3 cm³/mol. The average molecular weight is 323 g/mol. The van der Waals surface area contributed by atoms with Crippen molar-refractivity contribution in [2.45, 2.75) is 25.2 Å². The van der Waals surface area contributed by atoms with Crippen LogP contribution in [0, 0.1) is 5.92 Å². The van der Waals surface area contributed by atoms with E-state index >= 15 is 0 Å². The monoisotopic (exact) mass is 323 g/mol. The molecule has 1 aliphatic rings. The van der Waals surface area contributed by atoms with Gasteiger partial charge in [-0.25, -0.2) is 0 Å². The predicted octanol–water partition coefficient (Wildman–Crippen LogP) is 4.94. The number of benzene rings is 1. The van der Waals surface area contributed by atoms with E-state index in [4.69, 9.17) is 0 Å². The zero-order valence-electron chi connectivity index (χ0n) is 13.1. The van der Waals surface area contributed by atoms with Crippen molar-refractivity contribution in [1.82, 2.24) is 4.98 Å². The van der Waals surface area contributed by atoms with Gasteiger partial charge in [0.05, 0.1) is 0 Å². The normalized spacial score (nSPS) is 19.3. The molecule has 1 saturated heterocycles. The highest BCUT2D eigenvalue weighted by Gasteiger charge is 2.25. The van der Waals surface area contributed by atoms with Crippen LogP contribution in [0.25, 0.3) is 6.08 Å². The third-order valence-corrected chi connectivity index (χ3v) is 5.38. The minimum atomic E-state index is 0.245. The Labute approximate surface area is 142 Å². The molecule has 2 atom stereocenters. The molecule has 1 aromatic carbocycles. The smallest absolute Gasteiger partial charge is 0.192 e. The molecule has 0 saturated carbocycles. The largest absolute Gasteiger partial charge is 0.287 e. The molecule has 1 fully saturated rings. The number of aromatic nitrogens is 1. The van der Waals surface area contributed by atoms with Crippen LogP contribution in [0.15, 0.2) is 60.9 Å². The minimum Gasteiger partial charge on any atom is -0.287 e. The fraction of sp³-hybridized carbons (Fsp3) is 0.300. The number of rotatable bonds is 6. The van der Waals surface area contributed by atoms with Crippen molar-refractivity contribution >= 4 is 23.0 Å². The van der Waals surface area contributed by atoms with Crippen LogP contribution >= 0.6 is 11.8 Å². The maximum absolute atomic E-state index is 11.8. The molecule has 3 rings (SSSR count). The fourth-order valence-electron chi connectivity index (χ4n) is 2.96. The van der Waals surface area contributed by atoms with Gasteiger partial charge < -0.3 is 0 Å². The molecule has 118 valence electrons. The second-order valence-electron chi connectivity index (χ2n) is 5.89. The number of allylic oxidation sites excluding steroid dienone is 1. The first-order valence-corrected chi connectivity index (χ1v) is 9.11. The molecule has 0 radical (unpaired) electrons. The van der Waals surface area contributed by atoms with Crippen molar-refractivity contribution in [2.24, 2.45) is 5.92 Å². The van der Waals surface area contributed by atoms with E-state index in [1.54, 1.807) is 0 Å². The second kappa shape index (κ2) is 8.11. The summed E-state index contributed by atoms with van der Waals surface area (Å²) < 4.78 is 0. The Balaban J connectivity index is 1.71. The summed E-state index contributed by atoms with van der Waals surface area (Å²) in [4.78, 5) is 16.0. The summed E-state index contributed by atoms with van der Waals surface area (Å²) in [7, 11) is 0. The Kier molecular flexibility index (Phi) is 5.65. The summed E-state index contributed by atoms with van der Waals surface area (Å²) in [6, 6.07) is 14.5.